The Hall–Kier alpha value is -1.79. The van der Waals surface area contributed by atoms with Gasteiger partial charge in [-0.3, -0.25) is 4.90 Å². The molecule has 1 fully saturated rings. The average molecular weight is 433 g/mol. The maximum Gasteiger partial charge on any atom is 0.119 e. The van der Waals surface area contributed by atoms with Crippen LogP contribution in [0.25, 0.3) is 0 Å². The molecule has 0 bridgehead atoms. The fourth-order valence-corrected chi connectivity index (χ4v) is 3.87. The van der Waals surface area contributed by atoms with E-state index in [9.17, 15) is 5.11 Å². The fourth-order valence-electron chi connectivity index (χ4n) is 3.70. The van der Waals surface area contributed by atoms with E-state index in [0.29, 0.717) is 26.4 Å². The van der Waals surface area contributed by atoms with Crippen LogP contribution in [-0.4, -0.2) is 68.7 Å². The van der Waals surface area contributed by atoms with Gasteiger partial charge in [0.05, 0.1) is 19.3 Å². The molecule has 1 atom stereocenters. The molecule has 6 heteroatoms. The highest BCUT2D eigenvalue weighted by atomic mass is 35.5. The van der Waals surface area contributed by atoms with Crippen molar-refractivity contribution in [2.45, 2.75) is 26.4 Å². The van der Waals surface area contributed by atoms with Crippen molar-refractivity contribution in [3.8, 4) is 5.75 Å². The number of aliphatic hydroxyl groups excluding tert-OH is 1. The highest BCUT2D eigenvalue weighted by Gasteiger charge is 2.20. The van der Waals surface area contributed by atoms with Crippen LogP contribution in [-0.2, 0) is 11.2 Å². The largest absolute Gasteiger partial charge is 0.491 e. The molecule has 0 amide bonds. The Morgan fingerprint density at radius 1 is 1.03 bits per heavy atom. The second-order valence-electron chi connectivity index (χ2n) is 7.79. The van der Waals surface area contributed by atoms with Crippen molar-refractivity contribution in [1.29, 1.82) is 0 Å². The van der Waals surface area contributed by atoms with Gasteiger partial charge in [-0.05, 0) is 48.7 Å². The third-order valence-electron chi connectivity index (χ3n) is 5.49. The Morgan fingerprint density at radius 3 is 2.47 bits per heavy atom. The van der Waals surface area contributed by atoms with Gasteiger partial charge in [-0.15, -0.1) is 0 Å². The Labute approximate surface area is 185 Å². The molecule has 164 valence electrons. The zero-order valence-electron chi connectivity index (χ0n) is 18.0. The number of halogens is 1. The van der Waals surface area contributed by atoms with Crippen molar-refractivity contribution in [3.05, 3.63) is 58.6 Å². The Morgan fingerprint density at radius 2 is 1.77 bits per heavy atom. The normalized spacial score (nSPS) is 15.9. The first-order valence-electron chi connectivity index (χ1n) is 10.8. The van der Waals surface area contributed by atoms with Crippen LogP contribution in [0.4, 0.5) is 5.69 Å². The first kappa shape index (κ1) is 22.9. The van der Waals surface area contributed by atoms with Crippen molar-refractivity contribution in [3.63, 3.8) is 0 Å². The standard InChI is InChI=1S/C24H33ClN2O3/c1-3-20-5-8-23(9-6-20)30-15-14-29-18-22(28)17-26-10-12-27(13-11-26)24-16-21(25)7-4-19(24)2/h4-9,16,22,28H,3,10-15,17-18H2,1-2H3/t22-/m1/s1. The molecule has 30 heavy (non-hydrogen) atoms. The van der Waals surface area contributed by atoms with E-state index in [-0.39, 0.29) is 0 Å². The molecule has 1 N–H and O–H groups in total. The molecule has 0 spiro atoms. The Bertz CT molecular complexity index is 777. The van der Waals surface area contributed by atoms with Gasteiger partial charge in [-0.25, -0.2) is 0 Å². The highest BCUT2D eigenvalue weighted by molar-refractivity contribution is 6.30. The van der Waals surface area contributed by atoms with Crippen LogP contribution < -0.4 is 9.64 Å². The SMILES string of the molecule is CCc1ccc(OCCOC[C@H](O)CN2CCN(c3cc(Cl)ccc3C)CC2)cc1. The summed E-state index contributed by atoms with van der Waals surface area (Å²) in [6, 6.07) is 14.2. The molecule has 0 saturated carbocycles. The lowest BCUT2D eigenvalue weighted by Gasteiger charge is -2.37. The summed E-state index contributed by atoms with van der Waals surface area (Å²) in [5, 5.41) is 11.1. The van der Waals surface area contributed by atoms with Gasteiger partial charge in [-0.1, -0.05) is 36.7 Å². The van der Waals surface area contributed by atoms with E-state index in [0.717, 1.165) is 43.4 Å². The Kier molecular flexibility index (Phi) is 8.82. The van der Waals surface area contributed by atoms with E-state index in [1.54, 1.807) is 0 Å². The maximum atomic E-state index is 10.3. The van der Waals surface area contributed by atoms with Crippen LogP contribution in [0.5, 0.6) is 5.75 Å². The van der Waals surface area contributed by atoms with Crippen LogP contribution in [0.1, 0.15) is 18.1 Å². The first-order chi connectivity index (χ1) is 14.5. The molecule has 2 aromatic rings. The minimum Gasteiger partial charge on any atom is -0.491 e. The van der Waals surface area contributed by atoms with Crippen molar-refractivity contribution in [1.82, 2.24) is 4.90 Å². The van der Waals surface area contributed by atoms with E-state index in [1.807, 2.05) is 24.3 Å². The summed E-state index contributed by atoms with van der Waals surface area (Å²) in [5.41, 5.74) is 3.74. The molecule has 1 aliphatic heterocycles. The minimum atomic E-state index is -0.492. The predicted octanol–water partition coefficient (Wildman–Crippen LogP) is 3.79. The number of nitrogens with zero attached hydrogens (tertiary/aromatic N) is 2. The number of hydrogen-bond acceptors (Lipinski definition) is 5. The van der Waals surface area contributed by atoms with Crippen molar-refractivity contribution < 1.29 is 14.6 Å². The van der Waals surface area contributed by atoms with Gasteiger partial charge in [-0.2, -0.15) is 0 Å². The topological polar surface area (TPSA) is 45.2 Å². The number of ether oxygens (including phenoxy) is 2. The van der Waals surface area contributed by atoms with E-state index >= 15 is 0 Å². The number of aryl methyl sites for hydroxylation is 2. The number of β-amino-alcohol motifs (C(OH)–C–C–N with tert-alkyl or cyclic N) is 1. The predicted molar refractivity (Wildman–Crippen MR) is 123 cm³/mol. The van der Waals surface area contributed by atoms with Crippen molar-refractivity contribution in [2.24, 2.45) is 0 Å². The number of piperazine rings is 1. The fraction of sp³-hybridized carbons (Fsp3) is 0.500. The molecule has 0 radical (unpaired) electrons. The molecule has 0 unspecified atom stereocenters. The summed E-state index contributed by atoms with van der Waals surface area (Å²) in [4.78, 5) is 4.65. The van der Waals surface area contributed by atoms with Gasteiger partial charge in [0.25, 0.3) is 0 Å². The van der Waals surface area contributed by atoms with Gasteiger partial charge in [0.2, 0.25) is 0 Å². The summed E-state index contributed by atoms with van der Waals surface area (Å²) in [6.07, 6.45) is 0.532. The molecular weight excluding hydrogens is 400 g/mol. The number of hydrogen-bond donors (Lipinski definition) is 1. The van der Waals surface area contributed by atoms with Gasteiger partial charge in [0.1, 0.15) is 12.4 Å². The molecular formula is C24H33ClN2O3. The van der Waals surface area contributed by atoms with E-state index in [4.69, 9.17) is 21.1 Å². The molecule has 3 rings (SSSR count). The maximum absolute atomic E-state index is 10.3. The molecule has 1 heterocycles. The summed E-state index contributed by atoms with van der Waals surface area (Å²) in [6.45, 7) is 9.84. The van der Waals surface area contributed by atoms with E-state index in [1.165, 1.54) is 16.8 Å². The van der Waals surface area contributed by atoms with Crippen molar-refractivity contribution in [2.75, 3.05) is 57.4 Å². The van der Waals surface area contributed by atoms with Crippen molar-refractivity contribution >= 4 is 17.3 Å². The lowest BCUT2D eigenvalue weighted by molar-refractivity contribution is 0.00718. The number of benzene rings is 2. The summed E-state index contributed by atoms with van der Waals surface area (Å²) in [7, 11) is 0. The van der Waals surface area contributed by atoms with Crippen LogP contribution in [0.2, 0.25) is 5.02 Å². The first-order valence-corrected chi connectivity index (χ1v) is 11.1. The van der Waals surface area contributed by atoms with Gasteiger partial charge >= 0.3 is 0 Å². The second kappa shape index (κ2) is 11.6. The van der Waals surface area contributed by atoms with Gasteiger partial charge in [0.15, 0.2) is 0 Å². The zero-order valence-corrected chi connectivity index (χ0v) is 18.8. The number of anilines is 1. The molecule has 2 aromatic carbocycles. The van der Waals surface area contributed by atoms with Crippen LogP contribution >= 0.6 is 11.6 Å². The summed E-state index contributed by atoms with van der Waals surface area (Å²) < 4.78 is 11.3. The smallest absolute Gasteiger partial charge is 0.119 e. The summed E-state index contributed by atoms with van der Waals surface area (Å²) >= 11 is 6.16. The molecule has 1 saturated heterocycles. The quantitative estimate of drug-likeness (QED) is 0.579. The molecule has 5 nitrogen and oxygen atoms in total. The molecule has 1 aliphatic rings. The molecule has 0 aliphatic carbocycles. The van der Waals surface area contributed by atoms with E-state index in [2.05, 4.69) is 41.8 Å². The second-order valence-corrected chi connectivity index (χ2v) is 8.23. The number of aliphatic hydroxyl groups is 1. The zero-order chi connectivity index (χ0) is 21.3. The third-order valence-corrected chi connectivity index (χ3v) is 5.73. The Balaban J connectivity index is 1.30. The van der Waals surface area contributed by atoms with Crippen LogP contribution in [0.15, 0.2) is 42.5 Å². The van der Waals surface area contributed by atoms with Gasteiger partial charge < -0.3 is 19.5 Å². The third kappa shape index (κ3) is 6.88. The lowest BCUT2D eigenvalue weighted by atomic mass is 10.1. The molecule has 0 aromatic heterocycles. The highest BCUT2D eigenvalue weighted by Crippen LogP contribution is 2.25. The van der Waals surface area contributed by atoms with Crippen LogP contribution in [0.3, 0.4) is 0 Å². The lowest BCUT2D eigenvalue weighted by Crippen LogP contribution is -2.49. The van der Waals surface area contributed by atoms with Crippen LogP contribution in [0, 0.1) is 6.92 Å². The average Bonchev–Trinajstić information content (AvgIpc) is 2.76. The van der Waals surface area contributed by atoms with E-state index < -0.39 is 6.10 Å². The van der Waals surface area contributed by atoms with Gasteiger partial charge in [0, 0.05) is 43.4 Å². The minimum absolute atomic E-state index is 0.325. The summed E-state index contributed by atoms with van der Waals surface area (Å²) in [5.74, 6) is 0.851. The monoisotopic (exact) mass is 432 g/mol. The number of rotatable bonds is 10.